The van der Waals surface area contributed by atoms with E-state index in [1.54, 1.807) is 36.1 Å². The molecule has 6 nitrogen and oxygen atoms in total. The molecule has 1 saturated heterocycles. The highest BCUT2D eigenvalue weighted by molar-refractivity contribution is 7.92. The maximum atomic E-state index is 12.1. The summed E-state index contributed by atoms with van der Waals surface area (Å²) in [5, 5.41) is 0. The third kappa shape index (κ3) is 4.71. The van der Waals surface area contributed by atoms with Crippen LogP contribution in [0.4, 0.5) is 5.69 Å². The zero-order valence-corrected chi connectivity index (χ0v) is 12.9. The molecule has 1 heterocycles. The average molecular weight is 312 g/mol. The molecule has 0 aromatic heterocycles. The molecule has 0 atom stereocenters. The molecule has 7 heteroatoms. The van der Waals surface area contributed by atoms with E-state index in [0.29, 0.717) is 38.4 Å². The third-order valence-electron chi connectivity index (χ3n) is 3.33. The van der Waals surface area contributed by atoms with Crippen LogP contribution in [-0.2, 0) is 26.0 Å². The quantitative estimate of drug-likeness (QED) is 0.874. The number of nitrogens with zero attached hydrogens (tertiary/aromatic N) is 1. The van der Waals surface area contributed by atoms with Gasteiger partial charge in [-0.2, -0.15) is 0 Å². The molecule has 0 radical (unpaired) electrons. The fourth-order valence-electron chi connectivity index (χ4n) is 2.04. The molecule has 0 unspecified atom stereocenters. The molecule has 1 N–H and O–H groups in total. The Labute approximate surface area is 125 Å². The minimum absolute atomic E-state index is 0.0320. The van der Waals surface area contributed by atoms with Crippen molar-refractivity contribution in [1.82, 2.24) is 4.90 Å². The van der Waals surface area contributed by atoms with E-state index in [9.17, 15) is 13.2 Å². The second-order valence-corrected chi connectivity index (χ2v) is 6.88. The summed E-state index contributed by atoms with van der Waals surface area (Å²) in [7, 11) is -3.26. The smallest absolute Gasteiger partial charge is 0.232 e. The minimum Gasteiger partial charge on any atom is -0.378 e. The van der Waals surface area contributed by atoms with Crippen LogP contribution in [0.3, 0.4) is 0 Å². The fraction of sp³-hybridized carbons (Fsp3) is 0.500. The van der Waals surface area contributed by atoms with Crippen molar-refractivity contribution in [3.63, 3.8) is 0 Å². The Balaban J connectivity index is 1.94. The molecular formula is C14H20N2O4S. The standard InChI is InChI=1S/C14H20N2O4S/c1-2-21(18,19)15-13-5-3-12(4-6-13)11-14(17)16-7-9-20-10-8-16/h3-6,15H,2,7-11H2,1H3. The summed E-state index contributed by atoms with van der Waals surface area (Å²) in [5.41, 5.74) is 1.38. The summed E-state index contributed by atoms with van der Waals surface area (Å²) in [6.45, 7) is 4.02. The van der Waals surface area contributed by atoms with E-state index in [-0.39, 0.29) is 11.7 Å². The van der Waals surface area contributed by atoms with Crippen molar-refractivity contribution in [3.8, 4) is 0 Å². The number of hydrogen-bond acceptors (Lipinski definition) is 4. The predicted molar refractivity (Wildman–Crippen MR) is 80.6 cm³/mol. The van der Waals surface area contributed by atoms with Gasteiger partial charge >= 0.3 is 0 Å². The largest absolute Gasteiger partial charge is 0.378 e. The molecule has 1 aromatic rings. The van der Waals surface area contributed by atoms with Gasteiger partial charge in [-0.25, -0.2) is 8.42 Å². The van der Waals surface area contributed by atoms with Crippen molar-refractivity contribution >= 4 is 21.6 Å². The summed E-state index contributed by atoms with van der Waals surface area (Å²) in [6.07, 6.45) is 0.320. The van der Waals surface area contributed by atoms with E-state index in [1.165, 1.54) is 0 Å². The zero-order chi connectivity index (χ0) is 15.3. The molecule has 0 spiro atoms. The molecule has 21 heavy (non-hydrogen) atoms. The van der Waals surface area contributed by atoms with E-state index in [2.05, 4.69) is 4.72 Å². The van der Waals surface area contributed by atoms with Gasteiger partial charge in [-0.15, -0.1) is 0 Å². The summed E-state index contributed by atoms with van der Waals surface area (Å²) >= 11 is 0. The van der Waals surface area contributed by atoms with Crippen LogP contribution in [0, 0.1) is 0 Å². The lowest BCUT2D eigenvalue weighted by Gasteiger charge is -2.26. The van der Waals surface area contributed by atoms with E-state index in [1.807, 2.05) is 0 Å². The van der Waals surface area contributed by atoms with Gasteiger partial charge in [-0.05, 0) is 24.6 Å². The van der Waals surface area contributed by atoms with Crippen LogP contribution in [0.15, 0.2) is 24.3 Å². The van der Waals surface area contributed by atoms with Crippen molar-refractivity contribution in [2.45, 2.75) is 13.3 Å². The summed E-state index contributed by atoms with van der Waals surface area (Å²) in [4.78, 5) is 13.9. The number of ether oxygens (including phenoxy) is 1. The lowest BCUT2D eigenvalue weighted by atomic mass is 10.1. The molecule has 0 aliphatic carbocycles. The SMILES string of the molecule is CCS(=O)(=O)Nc1ccc(CC(=O)N2CCOCC2)cc1. The highest BCUT2D eigenvalue weighted by atomic mass is 32.2. The van der Waals surface area contributed by atoms with Crippen LogP contribution in [0.25, 0.3) is 0 Å². The van der Waals surface area contributed by atoms with Crippen LogP contribution < -0.4 is 4.72 Å². The lowest BCUT2D eigenvalue weighted by molar-refractivity contribution is -0.134. The minimum atomic E-state index is -3.26. The molecule has 116 valence electrons. The number of sulfonamides is 1. The Bertz CT molecular complexity index is 577. The van der Waals surface area contributed by atoms with Crippen molar-refractivity contribution in [1.29, 1.82) is 0 Å². The molecule has 1 aliphatic rings. The monoisotopic (exact) mass is 312 g/mol. The third-order valence-corrected chi connectivity index (χ3v) is 4.63. The van der Waals surface area contributed by atoms with Gasteiger partial charge < -0.3 is 9.64 Å². The molecule has 1 aromatic carbocycles. The molecular weight excluding hydrogens is 292 g/mol. The number of rotatable bonds is 5. The Hall–Kier alpha value is -1.60. The van der Waals surface area contributed by atoms with Gasteiger partial charge in [-0.1, -0.05) is 12.1 Å². The molecule has 0 saturated carbocycles. The van der Waals surface area contributed by atoms with Crippen molar-refractivity contribution in [2.24, 2.45) is 0 Å². The number of hydrogen-bond donors (Lipinski definition) is 1. The van der Waals surface area contributed by atoms with Crippen LogP contribution in [0.5, 0.6) is 0 Å². The van der Waals surface area contributed by atoms with Gasteiger partial charge in [-0.3, -0.25) is 9.52 Å². The second-order valence-electron chi connectivity index (χ2n) is 4.87. The Morgan fingerprint density at radius 2 is 1.86 bits per heavy atom. The average Bonchev–Trinajstić information content (AvgIpc) is 2.50. The van der Waals surface area contributed by atoms with Crippen LogP contribution in [-0.4, -0.2) is 51.3 Å². The molecule has 1 aliphatic heterocycles. The van der Waals surface area contributed by atoms with Crippen molar-refractivity contribution < 1.29 is 17.9 Å². The van der Waals surface area contributed by atoms with E-state index in [4.69, 9.17) is 4.74 Å². The lowest BCUT2D eigenvalue weighted by Crippen LogP contribution is -2.41. The molecule has 0 bridgehead atoms. The van der Waals surface area contributed by atoms with E-state index >= 15 is 0 Å². The van der Waals surface area contributed by atoms with Crippen LogP contribution in [0.2, 0.25) is 0 Å². The number of nitrogens with one attached hydrogen (secondary N) is 1. The first-order valence-electron chi connectivity index (χ1n) is 6.95. The zero-order valence-electron chi connectivity index (χ0n) is 12.0. The van der Waals surface area contributed by atoms with Gasteiger partial charge in [0.25, 0.3) is 0 Å². The van der Waals surface area contributed by atoms with Gasteiger partial charge in [0, 0.05) is 18.8 Å². The number of carbonyl (C=O) groups is 1. The Kier molecular flexibility index (Phi) is 5.19. The molecule has 2 rings (SSSR count). The van der Waals surface area contributed by atoms with Gasteiger partial charge in [0.05, 0.1) is 25.4 Å². The van der Waals surface area contributed by atoms with Crippen molar-refractivity contribution in [2.75, 3.05) is 36.8 Å². The topological polar surface area (TPSA) is 75.7 Å². The Morgan fingerprint density at radius 3 is 2.43 bits per heavy atom. The van der Waals surface area contributed by atoms with Crippen LogP contribution >= 0.6 is 0 Å². The first-order valence-corrected chi connectivity index (χ1v) is 8.60. The first-order chi connectivity index (χ1) is 10.00. The number of carbonyl (C=O) groups excluding carboxylic acids is 1. The first kappa shape index (κ1) is 15.8. The van der Waals surface area contributed by atoms with Gasteiger partial charge in [0.1, 0.15) is 0 Å². The maximum absolute atomic E-state index is 12.1. The van der Waals surface area contributed by atoms with Crippen molar-refractivity contribution in [3.05, 3.63) is 29.8 Å². The number of anilines is 1. The predicted octanol–water partition coefficient (Wildman–Crippen LogP) is 0.849. The normalized spacial score (nSPS) is 15.8. The summed E-state index contributed by atoms with van der Waals surface area (Å²) < 4.78 is 30.6. The highest BCUT2D eigenvalue weighted by Gasteiger charge is 2.17. The summed E-state index contributed by atoms with van der Waals surface area (Å²) in [5.74, 6) is 0.102. The number of benzene rings is 1. The van der Waals surface area contributed by atoms with Crippen LogP contribution in [0.1, 0.15) is 12.5 Å². The van der Waals surface area contributed by atoms with E-state index in [0.717, 1.165) is 5.56 Å². The number of morpholine rings is 1. The summed E-state index contributed by atoms with van der Waals surface area (Å²) in [6, 6.07) is 6.89. The van der Waals surface area contributed by atoms with Gasteiger partial charge in [0.15, 0.2) is 0 Å². The van der Waals surface area contributed by atoms with E-state index < -0.39 is 10.0 Å². The Morgan fingerprint density at radius 1 is 1.24 bits per heavy atom. The molecule has 1 fully saturated rings. The maximum Gasteiger partial charge on any atom is 0.232 e. The fourth-order valence-corrected chi connectivity index (χ4v) is 2.68. The number of amides is 1. The molecule has 1 amide bonds. The highest BCUT2D eigenvalue weighted by Crippen LogP contribution is 2.13. The van der Waals surface area contributed by atoms with Gasteiger partial charge in [0.2, 0.25) is 15.9 Å². The second kappa shape index (κ2) is 6.91.